The minimum absolute atomic E-state index is 0.0982. The van der Waals surface area contributed by atoms with Crippen molar-refractivity contribution in [2.45, 2.75) is 12.5 Å². The Kier molecular flexibility index (Phi) is 5.87. The maximum Gasteiger partial charge on any atom is 0.328 e. The van der Waals surface area contributed by atoms with E-state index in [1.165, 1.54) is 7.11 Å². The third-order valence-corrected chi connectivity index (χ3v) is 3.58. The summed E-state index contributed by atoms with van der Waals surface area (Å²) < 4.78 is 30.8. The number of amides is 1. The fraction of sp³-hybridized carbons (Fsp3) is 0.176. The van der Waals surface area contributed by atoms with E-state index in [0.717, 1.165) is 23.8 Å². The van der Waals surface area contributed by atoms with Gasteiger partial charge in [-0.05, 0) is 35.9 Å². The molecular weight excluding hydrogens is 340 g/mol. The lowest BCUT2D eigenvalue weighted by Crippen LogP contribution is -2.43. The lowest BCUT2D eigenvalue weighted by atomic mass is 10.1. The van der Waals surface area contributed by atoms with Crippen LogP contribution in [0.5, 0.6) is 0 Å². The first-order chi connectivity index (χ1) is 11.4. The van der Waals surface area contributed by atoms with Crippen LogP contribution in [0.15, 0.2) is 42.5 Å². The van der Waals surface area contributed by atoms with E-state index in [-0.39, 0.29) is 12.0 Å². The van der Waals surface area contributed by atoms with Crippen LogP contribution in [0.1, 0.15) is 15.9 Å². The van der Waals surface area contributed by atoms with E-state index in [2.05, 4.69) is 10.1 Å². The number of rotatable bonds is 5. The molecule has 2 rings (SSSR count). The highest BCUT2D eigenvalue weighted by molar-refractivity contribution is 6.30. The van der Waals surface area contributed by atoms with E-state index in [9.17, 15) is 18.4 Å². The van der Waals surface area contributed by atoms with Crippen molar-refractivity contribution in [1.82, 2.24) is 5.32 Å². The number of hydrogen-bond donors (Lipinski definition) is 1. The summed E-state index contributed by atoms with van der Waals surface area (Å²) in [7, 11) is 1.20. The number of halogens is 3. The number of hydrogen-bond acceptors (Lipinski definition) is 3. The molecule has 0 aromatic heterocycles. The predicted octanol–water partition coefficient (Wildman–Crippen LogP) is 3.13. The van der Waals surface area contributed by atoms with Crippen LogP contribution in [0.3, 0.4) is 0 Å². The molecule has 0 saturated heterocycles. The Bertz CT molecular complexity index is 750. The van der Waals surface area contributed by atoms with E-state index >= 15 is 0 Å². The molecule has 0 spiro atoms. The molecule has 0 aliphatic rings. The van der Waals surface area contributed by atoms with Crippen molar-refractivity contribution >= 4 is 23.5 Å². The molecule has 4 nitrogen and oxygen atoms in total. The molecule has 0 aliphatic carbocycles. The smallest absolute Gasteiger partial charge is 0.328 e. The van der Waals surface area contributed by atoms with Gasteiger partial charge in [-0.15, -0.1) is 0 Å². The van der Waals surface area contributed by atoms with Gasteiger partial charge in [0.1, 0.15) is 6.04 Å². The molecular formula is C17H14ClF2NO3. The summed E-state index contributed by atoms with van der Waals surface area (Å²) in [4.78, 5) is 24.0. The standard InChI is InChI=1S/C17H14ClF2NO3/c1-24-17(23)15(8-10-2-5-12(18)6-3-10)21-16(22)11-4-7-13(19)14(20)9-11/h2-7,9,15H,8H2,1H3,(H,21,22)/t15-/m1/s1. The van der Waals surface area contributed by atoms with Gasteiger partial charge in [0.2, 0.25) is 0 Å². The molecule has 0 fully saturated rings. The average Bonchev–Trinajstić information content (AvgIpc) is 2.57. The van der Waals surface area contributed by atoms with E-state index < -0.39 is 29.6 Å². The second kappa shape index (κ2) is 7.88. The highest BCUT2D eigenvalue weighted by Gasteiger charge is 2.23. The Labute approximate surface area is 142 Å². The van der Waals surface area contributed by atoms with Gasteiger partial charge in [-0.3, -0.25) is 4.79 Å². The molecule has 24 heavy (non-hydrogen) atoms. The molecule has 0 heterocycles. The second-order valence-corrected chi connectivity index (χ2v) is 5.45. The zero-order chi connectivity index (χ0) is 17.7. The van der Waals surface area contributed by atoms with E-state index in [1.807, 2.05) is 0 Å². The van der Waals surface area contributed by atoms with Crippen molar-refractivity contribution in [2.24, 2.45) is 0 Å². The molecule has 126 valence electrons. The maximum atomic E-state index is 13.2. The number of methoxy groups -OCH3 is 1. The van der Waals surface area contributed by atoms with Crippen LogP contribution in [0.2, 0.25) is 5.02 Å². The normalized spacial score (nSPS) is 11.7. The fourth-order valence-corrected chi connectivity index (χ4v) is 2.20. The topological polar surface area (TPSA) is 55.4 Å². The molecule has 0 unspecified atom stereocenters. The molecule has 2 aromatic carbocycles. The number of esters is 1. The number of benzene rings is 2. The van der Waals surface area contributed by atoms with E-state index in [1.54, 1.807) is 24.3 Å². The van der Waals surface area contributed by atoms with Crippen molar-refractivity contribution < 1.29 is 23.1 Å². The van der Waals surface area contributed by atoms with Gasteiger partial charge in [0.15, 0.2) is 11.6 Å². The largest absolute Gasteiger partial charge is 0.467 e. The minimum atomic E-state index is -1.14. The third-order valence-electron chi connectivity index (χ3n) is 3.33. The summed E-state index contributed by atoms with van der Waals surface area (Å²) in [5, 5.41) is 3.00. The summed E-state index contributed by atoms with van der Waals surface area (Å²) in [6.07, 6.45) is 0.166. The van der Waals surface area contributed by atoms with Crippen molar-refractivity contribution in [3.8, 4) is 0 Å². The van der Waals surface area contributed by atoms with Gasteiger partial charge in [0, 0.05) is 17.0 Å². The Balaban J connectivity index is 2.15. The molecule has 7 heteroatoms. The quantitative estimate of drug-likeness (QED) is 0.840. The highest BCUT2D eigenvalue weighted by atomic mass is 35.5. The van der Waals surface area contributed by atoms with Crippen LogP contribution in [0, 0.1) is 11.6 Å². The predicted molar refractivity (Wildman–Crippen MR) is 84.8 cm³/mol. The van der Waals surface area contributed by atoms with Gasteiger partial charge in [-0.2, -0.15) is 0 Å². The monoisotopic (exact) mass is 353 g/mol. The Morgan fingerprint density at radius 1 is 1.12 bits per heavy atom. The molecule has 1 atom stereocenters. The summed E-state index contributed by atoms with van der Waals surface area (Å²) in [6.45, 7) is 0. The van der Waals surface area contributed by atoms with Crippen molar-refractivity contribution in [3.63, 3.8) is 0 Å². The van der Waals surface area contributed by atoms with Crippen LogP contribution in [-0.2, 0) is 16.0 Å². The zero-order valence-corrected chi connectivity index (χ0v) is 13.4. The van der Waals surface area contributed by atoms with Gasteiger partial charge in [0.05, 0.1) is 7.11 Å². The number of nitrogens with one attached hydrogen (secondary N) is 1. The molecule has 0 radical (unpaired) electrons. The molecule has 0 aliphatic heterocycles. The van der Waals surface area contributed by atoms with Crippen LogP contribution in [-0.4, -0.2) is 25.0 Å². The van der Waals surface area contributed by atoms with Gasteiger partial charge in [-0.1, -0.05) is 23.7 Å². The first kappa shape index (κ1) is 17.9. The van der Waals surface area contributed by atoms with Gasteiger partial charge in [-0.25, -0.2) is 13.6 Å². The lowest BCUT2D eigenvalue weighted by molar-refractivity contribution is -0.142. The van der Waals surface area contributed by atoms with Gasteiger partial charge in [0.25, 0.3) is 5.91 Å². The van der Waals surface area contributed by atoms with Crippen LogP contribution < -0.4 is 5.32 Å². The molecule has 1 amide bonds. The van der Waals surface area contributed by atoms with Crippen LogP contribution in [0.25, 0.3) is 0 Å². The maximum absolute atomic E-state index is 13.2. The Hall–Kier alpha value is -2.47. The summed E-state index contributed by atoms with van der Waals surface area (Å²) in [6, 6.07) is 8.49. The van der Waals surface area contributed by atoms with Crippen LogP contribution in [0.4, 0.5) is 8.78 Å². The highest BCUT2D eigenvalue weighted by Crippen LogP contribution is 2.13. The fourth-order valence-electron chi connectivity index (χ4n) is 2.07. The second-order valence-electron chi connectivity index (χ2n) is 5.01. The number of ether oxygens (including phenoxy) is 1. The lowest BCUT2D eigenvalue weighted by Gasteiger charge is -2.17. The Morgan fingerprint density at radius 2 is 1.79 bits per heavy atom. The zero-order valence-electron chi connectivity index (χ0n) is 12.7. The number of carbonyl (C=O) groups excluding carboxylic acids is 2. The SMILES string of the molecule is COC(=O)[C@@H](Cc1ccc(Cl)cc1)NC(=O)c1ccc(F)c(F)c1. The molecule has 0 bridgehead atoms. The van der Waals surface area contributed by atoms with E-state index in [4.69, 9.17) is 11.6 Å². The van der Waals surface area contributed by atoms with Crippen molar-refractivity contribution in [2.75, 3.05) is 7.11 Å². The minimum Gasteiger partial charge on any atom is -0.467 e. The summed E-state index contributed by atoms with van der Waals surface area (Å²) in [5.74, 6) is -3.56. The Morgan fingerprint density at radius 3 is 2.38 bits per heavy atom. The average molecular weight is 354 g/mol. The number of carbonyl (C=O) groups is 2. The molecule has 1 N–H and O–H groups in total. The first-order valence-electron chi connectivity index (χ1n) is 6.99. The van der Waals surface area contributed by atoms with E-state index in [0.29, 0.717) is 5.02 Å². The van der Waals surface area contributed by atoms with Crippen LogP contribution >= 0.6 is 11.6 Å². The van der Waals surface area contributed by atoms with Crippen molar-refractivity contribution in [1.29, 1.82) is 0 Å². The molecule has 2 aromatic rings. The molecule has 0 saturated carbocycles. The third kappa shape index (κ3) is 4.52. The first-order valence-corrected chi connectivity index (χ1v) is 7.36. The summed E-state index contributed by atoms with van der Waals surface area (Å²) >= 11 is 5.80. The summed E-state index contributed by atoms with van der Waals surface area (Å²) in [5.41, 5.74) is 0.652. The van der Waals surface area contributed by atoms with Crippen molar-refractivity contribution in [3.05, 3.63) is 70.2 Å². The van der Waals surface area contributed by atoms with Gasteiger partial charge >= 0.3 is 5.97 Å². The van der Waals surface area contributed by atoms with Gasteiger partial charge < -0.3 is 10.1 Å².